The van der Waals surface area contributed by atoms with E-state index in [1.54, 1.807) is 0 Å². The van der Waals surface area contributed by atoms with Crippen molar-refractivity contribution < 1.29 is 0 Å². The van der Waals surface area contributed by atoms with Crippen LogP contribution in [0.4, 0.5) is 0 Å². The van der Waals surface area contributed by atoms with Crippen LogP contribution in [0.15, 0.2) is 243 Å². The van der Waals surface area contributed by atoms with Gasteiger partial charge < -0.3 is 13.7 Å². The highest BCUT2D eigenvalue weighted by atomic mass is 28.3. The third-order valence-electron chi connectivity index (χ3n) is 13.8. The second-order valence-electron chi connectivity index (χ2n) is 17.3. The quantitative estimate of drug-likeness (QED) is 0.112. The van der Waals surface area contributed by atoms with E-state index in [4.69, 9.17) is 0 Å². The Balaban J connectivity index is 1.05. The van der Waals surface area contributed by atoms with E-state index in [1.807, 2.05) is 0 Å². The van der Waals surface area contributed by atoms with E-state index in [-0.39, 0.29) is 0 Å². The molecule has 0 bridgehead atoms. The minimum atomic E-state index is -2.70. The van der Waals surface area contributed by atoms with Crippen molar-refractivity contribution in [1.82, 2.24) is 13.7 Å². The lowest BCUT2D eigenvalue weighted by Crippen LogP contribution is -2.74. The average Bonchev–Trinajstić information content (AvgIpc) is 4.01. The molecule has 0 amide bonds. The van der Waals surface area contributed by atoms with Gasteiger partial charge in [0.1, 0.15) is 0 Å². The van der Waals surface area contributed by atoms with Crippen molar-refractivity contribution in [2.24, 2.45) is 0 Å². The van der Waals surface area contributed by atoms with Crippen LogP contribution in [0.3, 0.4) is 0 Å². The third-order valence-corrected chi connectivity index (χ3v) is 18.6. The van der Waals surface area contributed by atoms with Crippen LogP contribution >= 0.6 is 0 Å². The fourth-order valence-electron chi connectivity index (χ4n) is 11.1. The summed E-state index contributed by atoms with van der Waals surface area (Å²) in [6, 6.07) is 90.3. The molecule has 4 heteroatoms. The van der Waals surface area contributed by atoms with Gasteiger partial charge in [-0.1, -0.05) is 182 Å². The summed E-state index contributed by atoms with van der Waals surface area (Å²) in [5.41, 5.74) is 11.9. The smallest absolute Gasteiger partial charge is 0.179 e. The van der Waals surface area contributed by atoms with Gasteiger partial charge in [0.2, 0.25) is 0 Å². The van der Waals surface area contributed by atoms with Crippen LogP contribution in [0, 0.1) is 6.92 Å². The summed E-state index contributed by atoms with van der Waals surface area (Å²) >= 11 is 0. The highest BCUT2D eigenvalue weighted by Gasteiger charge is 2.41. The number of fused-ring (bicyclic) bond motifs is 9. The zero-order valence-electron chi connectivity index (χ0n) is 35.9. The minimum Gasteiger partial charge on any atom is -0.309 e. The van der Waals surface area contributed by atoms with Gasteiger partial charge in [-0.25, -0.2) is 0 Å². The molecule has 0 atom stereocenters. The molecule has 0 unspecified atom stereocenters. The fourth-order valence-corrected chi connectivity index (χ4v) is 15.8. The number of nitrogens with zero attached hydrogens (tertiary/aromatic N) is 3. The summed E-state index contributed by atoms with van der Waals surface area (Å²) in [5, 5.41) is 12.9. The number of hydrogen-bond acceptors (Lipinski definition) is 0. The van der Waals surface area contributed by atoms with Crippen LogP contribution in [0.5, 0.6) is 0 Å². The molecule has 13 aromatic rings. The van der Waals surface area contributed by atoms with Crippen molar-refractivity contribution in [3.63, 3.8) is 0 Å². The molecule has 0 saturated heterocycles. The molecular formula is C61H43N3Si. The monoisotopic (exact) mass is 845 g/mol. The van der Waals surface area contributed by atoms with Crippen molar-refractivity contribution in [2.45, 2.75) is 6.92 Å². The molecule has 0 saturated carbocycles. The van der Waals surface area contributed by atoms with E-state index < -0.39 is 8.07 Å². The van der Waals surface area contributed by atoms with Gasteiger partial charge in [0.05, 0.1) is 38.8 Å². The van der Waals surface area contributed by atoms with E-state index in [0.717, 1.165) is 17.1 Å². The first-order valence-electron chi connectivity index (χ1n) is 22.5. The van der Waals surface area contributed by atoms with Crippen molar-refractivity contribution in [3.05, 3.63) is 248 Å². The minimum absolute atomic E-state index is 1.13. The first-order valence-corrected chi connectivity index (χ1v) is 24.5. The number of benzene rings is 10. The van der Waals surface area contributed by atoms with Crippen molar-refractivity contribution in [3.8, 4) is 17.1 Å². The molecule has 0 aliphatic heterocycles. The first kappa shape index (κ1) is 37.4. The Morgan fingerprint density at radius 2 is 0.723 bits per heavy atom. The Hall–Kier alpha value is -8.18. The Bertz CT molecular complexity index is 3840. The van der Waals surface area contributed by atoms with Crippen LogP contribution in [0.2, 0.25) is 0 Å². The Kier molecular flexibility index (Phi) is 8.45. The summed E-state index contributed by atoms with van der Waals surface area (Å²) in [6.07, 6.45) is 0. The largest absolute Gasteiger partial charge is 0.309 e. The van der Waals surface area contributed by atoms with Gasteiger partial charge in [-0.15, -0.1) is 0 Å². The molecule has 3 aromatic heterocycles. The zero-order chi connectivity index (χ0) is 43.1. The number of aryl methyl sites for hydroxylation is 1. The molecule has 65 heavy (non-hydrogen) atoms. The van der Waals surface area contributed by atoms with E-state index >= 15 is 0 Å². The Morgan fingerprint density at radius 1 is 0.277 bits per heavy atom. The maximum Gasteiger partial charge on any atom is 0.179 e. The van der Waals surface area contributed by atoms with Gasteiger partial charge in [0.15, 0.2) is 8.07 Å². The molecule has 13 rings (SSSR count). The Labute approximate surface area is 378 Å². The molecule has 0 aliphatic carbocycles. The van der Waals surface area contributed by atoms with E-state index in [2.05, 4.69) is 263 Å². The molecule has 0 fully saturated rings. The maximum atomic E-state index is 2.50. The van der Waals surface area contributed by atoms with Crippen LogP contribution in [0.25, 0.3) is 82.5 Å². The van der Waals surface area contributed by atoms with Gasteiger partial charge in [0.25, 0.3) is 0 Å². The van der Waals surface area contributed by atoms with Crippen LogP contribution in [-0.2, 0) is 0 Å². The van der Waals surface area contributed by atoms with Gasteiger partial charge in [0, 0.05) is 43.7 Å². The van der Waals surface area contributed by atoms with Crippen molar-refractivity contribution in [1.29, 1.82) is 0 Å². The van der Waals surface area contributed by atoms with Crippen molar-refractivity contribution in [2.75, 3.05) is 0 Å². The predicted molar refractivity (Wildman–Crippen MR) is 278 cm³/mol. The highest BCUT2D eigenvalue weighted by Crippen LogP contribution is 2.41. The SMILES string of the molecule is Cc1ccc2c3ccccc3n(-c3ccc4c(c3)c3ccccc3n4-c3cccc4c5ccccc5n(-c5ccc([Si](c6ccccc6)(c6ccccc6)c6ccccc6)cc5)c34)c2c1. The number of hydrogen-bond donors (Lipinski definition) is 0. The fraction of sp³-hybridized carbons (Fsp3) is 0.0164. The van der Waals surface area contributed by atoms with Crippen LogP contribution in [0.1, 0.15) is 5.56 Å². The van der Waals surface area contributed by atoms with Crippen LogP contribution < -0.4 is 20.7 Å². The first-order chi connectivity index (χ1) is 32.2. The summed E-state index contributed by atoms with van der Waals surface area (Å²) < 4.78 is 7.43. The number of rotatable bonds is 7. The average molecular weight is 846 g/mol. The predicted octanol–water partition coefficient (Wildman–Crippen LogP) is 12.7. The summed E-state index contributed by atoms with van der Waals surface area (Å²) in [6.45, 7) is 2.18. The summed E-state index contributed by atoms with van der Waals surface area (Å²) in [5.74, 6) is 0. The molecule has 0 radical (unpaired) electrons. The van der Waals surface area contributed by atoms with E-state index in [1.165, 1.54) is 91.7 Å². The Morgan fingerprint density at radius 3 is 1.34 bits per heavy atom. The zero-order valence-corrected chi connectivity index (χ0v) is 36.9. The maximum absolute atomic E-state index is 2.70. The summed E-state index contributed by atoms with van der Waals surface area (Å²) in [7, 11) is -2.70. The number of para-hydroxylation sites is 4. The van der Waals surface area contributed by atoms with E-state index in [9.17, 15) is 0 Å². The summed E-state index contributed by atoms with van der Waals surface area (Å²) in [4.78, 5) is 0. The van der Waals surface area contributed by atoms with Gasteiger partial charge >= 0.3 is 0 Å². The van der Waals surface area contributed by atoms with Gasteiger partial charge in [-0.2, -0.15) is 0 Å². The lowest BCUT2D eigenvalue weighted by atomic mass is 10.1. The van der Waals surface area contributed by atoms with E-state index in [0.29, 0.717) is 0 Å². The topological polar surface area (TPSA) is 14.8 Å². The molecule has 0 N–H and O–H groups in total. The molecule has 3 nitrogen and oxygen atoms in total. The van der Waals surface area contributed by atoms with Crippen molar-refractivity contribution >= 4 is 94.2 Å². The standard InChI is InChI=1S/C61H43N3Si/c1-42-32-38-52-49-24-11-14-28-55(49)62(60(52)40-42)44-35-39-58-54(41-44)51-26-13-16-30-57(51)64(58)59-31-17-27-53-50-25-12-15-29-56(50)63(61(53)59)43-33-36-48(37-34-43)65(45-18-5-2-6-19-45,46-20-7-3-8-21-46)47-22-9-4-10-23-47/h2-41H,1H3. The molecule has 3 heterocycles. The molecular weight excluding hydrogens is 803 g/mol. The molecule has 0 spiro atoms. The highest BCUT2D eigenvalue weighted by molar-refractivity contribution is 7.19. The third kappa shape index (κ3) is 5.54. The molecule has 306 valence electrons. The van der Waals surface area contributed by atoms with Gasteiger partial charge in [-0.3, -0.25) is 0 Å². The second-order valence-corrected chi connectivity index (χ2v) is 21.2. The lowest BCUT2D eigenvalue weighted by molar-refractivity contribution is 1.13. The van der Waals surface area contributed by atoms with Crippen LogP contribution in [-0.4, -0.2) is 21.8 Å². The normalized spacial score (nSPS) is 12.1. The lowest BCUT2D eigenvalue weighted by Gasteiger charge is -2.34. The molecule has 0 aliphatic rings. The van der Waals surface area contributed by atoms with Gasteiger partial charge in [-0.05, 0) is 93.9 Å². The molecule has 10 aromatic carbocycles. The number of aromatic nitrogens is 3. The second kappa shape index (κ2) is 14.7.